The van der Waals surface area contributed by atoms with Crippen molar-refractivity contribution in [3.8, 4) is 11.1 Å². The van der Waals surface area contributed by atoms with Crippen LogP contribution in [0.3, 0.4) is 0 Å². The Morgan fingerprint density at radius 2 is 1.78 bits per heavy atom. The van der Waals surface area contributed by atoms with E-state index in [2.05, 4.69) is 28.1 Å². The molecule has 27 heavy (non-hydrogen) atoms. The van der Waals surface area contributed by atoms with Crippen molar-refractivity contribution in [1.82, 2.24) is 9.97 Å². The van der Waals surface area contributed by atoms with E-state index in [1.54, 1.807) is 23.5 Å². The van der Waals surface area contributed by atoms with Crippen LogP contribution in [0, 0.1) is 5.82 Å². The van der Waals surface area contributed by atoms with Gasteiger partial charge in [-0.2, -0.15) is 0 Å². The molecule has 0 bridgehead atoms. The van der Waals surface area contributed by atoms with Crippen molar-refractivity contribution in [1.29, 1.82) is 0 Å². The van der Waals surface area contributed by atoms with Crippen molar-refractivity contribution in [2.45, 2.75) is 18.9 Å². The molecule has 5 heteroatoms. The Morgan fingerprint density at radius 1 is 0.963 bits per heavy atom. The molecule has 5 rings (SSSR count). The summed E-state index contributed by atoms with van der Waals surface area (Å²) in [4.78, 5) is 11.3. The lowest BCUT2D eigenvalue weighted by atomic mass is 10.1. The number of aromatic nitrogens is 2. The smallest absolute Gasteiger partial charge is 0.186 e. The second kappa shape index (κ2) is 6.74. The number of thiazole rings is 1. The lowest BCUT2D eigenvalue weighted by Crippen LogP contribution is -2.22. The molecule has 1 atom stereocenters. The molecule has 0 radical (unpaired) electrons. The van der Waals surface area contributed by atoms with Crippen LogP contribution in [0.2, 0.25) is 0 Å². The summed E-state index contributed by atoms with van der Waals surface area (Å²) in [6.45, 7) is 0.985. The standard InChI is InChI=1S/C22H18FN3S/c23-18-6-3-16(4-7-18)20-2-1-13-26(20)22-25-19-8-5-17(14-21(19)27-22)15-9-11-24-12-10-15/h3-12,14,20H,1-2,13H2. The minimum atomic E-state index is -0.188. The second-order valence-electron chi connectivity index (χ2n) is 6.82. The molecular formula is C22H18FN3S. The molecule has 1 aliphatic rings. The fraction of sp³-hybridized carbons (Fsp3) is 0.182. The van der Waals surface area contributed by atoms with Crippen LogP contribution in [0.1, 0.15) is 24.4 Å². The molecule has 0 saturated carbocycles. The van der Waals surface area contributed by atoms with Gasteiger partial charge in [0.25, 0.3) is 0 Å². The highest BCUT2D eigenvalue weighted by atomic mass is 32.1. The lowest BCUT2D eigenvalue weighted by molar-refractivity contribution is 0.624. The van der Waals surface area contributed by atoms with Crippen molar-refractivity contribution in [2.75, 3.05) is 11.4 Å². The van der Waals surface area contributed by atoms with Crippen molar-refractivity contribution >= 4 is 26.7 Å². The van der Waals surface area contributed by atoms with Gasteiger partial charge in [0.05, 0.1) is 16.3 Å². The molecule has 1 unspecified atom stereocenters. The van der Waals surface area contributed by atoms with Crippen LogP contribution in [0.25, 0.3) is 21.3 Å². The number of fused-ring (bicyclic) bond motifs is 1. The Kier molecular flexibility index (Phi) is 4.09. The van der Waals surface area contributed by atoms with Gasteiger partial charge in [0.15, 0.2) is 5.13 Å². The Balaban J connectivity index is 1.50. The maximum Gasteiger partial charge on any atom is 0.186 e. The highest BCUT2D eigenvalue weighted by Gasteiger charge is 2.28. The van der Waals surface area contributed by atoms with Gasteiger partial charge in [-0.3, -0.25) is 4.98 Å². The quantitative estimate of drug-likeness (QED) is 0.450. The number of hydrogen-bond donors (Lipinski definition) is 0. The number of rotatable bonds is 3. The fourth-order valence-electron chi connectivity index (χ4n) is 3.79. The predicted molar refractivity (Wildman–Crippen MR) is 109 cm³/mol. The first-order valence-electron chi connectivity index (χ1n) is 9.11. The summed E-state index contributed by atoms with van der Waals surface area (Å²) in [5.41, 5.74) is 4.52. The van der Waals surface area contributed by atoms with Crippen molar-refractivity contribution in [2.24, 2.45) is 0 Å². The molecule has 2 aromatic heterocycles. The first-order chi connectivity index (χ1) is 13.3. The molecule has 134 valence electrons. The zero-order chi connectivity index (χ0) is 18.2. The molecule has 0 N–H and O–H groups in total. The van der Waals surface area contributed by atoms with Crippen LogP contribution < -0.4 is 4.90 Å². The summed E-state index contributed by atoms with van der Waals surface area (Å²) >= 11 is 1.73. The van der Waals surface area contributed by atoms with E-state index in [0.717, 1.165) is 41.2 Å². The van der Waals surface area contributed by atoms with Gasteiger partial charge in [0.1, 0.15) is 5.82 Å². The molecule has 1 aliphatic heterocycles. The Morgan fingerprint density at radius 3 is 2.59 bits per heavy atom. The largest absolute Gasteiger partial charge is 0.341 e. The van der Waals surface area contributed by atoms with Gasteiger partial charge in [0, 0.05) is 18.9 Å². The zero-order valence-electron chi connectivity index (χ0n) is 14.7. The maximum atomic E-state index is 13.3. The second-order valence-corrected chi connectivity index (χ2v) is 7.83. The first-order valence-corrected chi connectivity index (χ1v) is 9.93. The van der Waals surface area contributed by atoms with E-state index in [-0.39, 0.29) is 11.9 Å². The van der Waals surface area contributed by atoms with Gasteiger partial charge in [0.2, 0.25) is 0 Å². The topological polar surface area (TPSA) is 29.0 Å². The van der Waals surface area contributed by atoms with E-state index in [0.29, 0.717) is 0 Å². The summed E-state index contributed by atoms with van der Waals surface area (Å²) in [6.07, 6.45) is 5.83. The van der Waals surface area contributed by atoms with E-state index >= 15 is 0 Å². The average Bonchev–Trinajstić information content (AvgIpc) is 3.35. The minimum Gasteiger partial charge on any atom is -0.341 e. The maximum absolute atomic E-state index is 13.3. The molecule has 1 fully saturated rings. The zero-order valence-corrected chi connectivity index (χ0v) is 15.5. The van der Waals surface area contributed by atoms with Crippen molar-refractivity contribution in [3.05, 3.63) is 78.4 Å². The summed E-state index contributed by atoms with van der Waals surface area (Å²) in [5.74, 6) is -0.188. The summed E-state index contributed by atoms with van der Waals surface area (Å²) in [6, 6.07) is 17.6. The highest BCUT2D eigenvalue weighted by Crippen LogP contribution is 2.40. The SMILES string of the molecule is Fc1ccc(C2CCCN2c2nc3ccc(-c4ccncc4)cc3s2)cc1. The Hall–Kier alpha value is -2.79. The molecule has 0 amide bonds. The van der Waals surface area contributed by atoms with Gasteiger partial charge in [-0.05, 0) is 65.9 Å². The molecule has 3 heterocycles. The predicted octanol–water partition coefficient (Wildman–Crippen LogP) is 5.84. The third-order valence-electron chi connectivity index (χ3n) is 5.14. The van der Waals surface area contributed by atoms with Gasteiger partial charge in [-0.25, -0.2) is 9.37 Å². The van der Waals surface area contributed by atoms with Crippen LogP contribution in [-0.2, 0) is 0 Å². The van der Waals surface area contributed by atoms with Crippen LogP contribution in [0.15, 0.2) is 67.0 Å². The summed E-state index contributed by atoms with van der Waals surface area (Å²) in [7, 11) is 0. The number of hydrogen-bond acceptors (Lipinski definition) is 4. The van der Waals surface area contributed by atoms with Crippen LogP contribution >= 0.6 is 11.3 Å². The van der Waals surface area contributed by atoms with Crippen LogP contribution in [0.4, 0.5) is 9.52 Å². The van der Waals surface area contributed by atoms with E-state index in [9.17, 15) is 4.39 Å². The summed E-state index contributed by atoms with van der Waals surface area (Å²) in [5, 5.41) is 1.05. The molecule has 3 nitrogen and oxygen atoms in total. The molecule has 2 aromatic carbocycles. The third kappa shape index (κ3) is 3.08. The number of pyridine rings is 1. The van der Waals surface area contributed by atoms with Crippen molar-refractivity contribution in [3.63, 3.8) is 0 Å². The normalized spacial score (nSPS) is 16.9. The third-order valence-corrected chi connectivity index (χ3v) is 6.20. The number of anilines is 1. The van der Waals surface area contributed by atoms with E-state index in [1.807, 2.05) is 36.7 Å². The van der Waals surface area contributed by atoms with E-state index in [4.69, 9.17) is 4.98 Å². The van der Waals surface area contributed by atoms with Gasteiger partial charge < -0.3 is 4.90 Å². The van der Waals surface area contributed by atoms with E-state index < -0.39 is 0 Å². The number of halogens is 1. The van der Waals surface area contributed by atoms with Crippen LogP contribution in [0.5, 0.6) is 0 Å². The molecule has 0 aliphatic carbocycles. The monoisotopic (exact) mass is 375 g/mol. The minimum absolute atomic E-state index is 0.188. The number of nitrogens with zero attached hydrogens (tertiary/aromatic N) is 3. The molecule has 0 spiro atoms. The fourth-order valence-corrected chi connectivity index (χ4v) is 4.87. The molecular weight excluding hydrogens is 357 g/mol. The summed E-state index contributed by atoms with van der Waals surface area (Å²) < 4.78 is 14.5. The van der Waals surface area contributed by atoms with Gasteiger partial charge in [-0.15, -0.1) is 0 Å². The van der Waals surface area contributed by atoms with Gasteiger partial charge >= 0.3 is 0 Å². The highest BCUT2D eigenvalue weighted by molar-refractivity contribution is 7.22. The van der Waals surface area contributed by atoms with E-state index in [1.165, 1.54) is 10.3 Å². The van der Waals surface area contributed by atoms with Crippen molar-refractivity contribution < 1.29 is 4.39 Å². The molecule has 1 saturated heterocycles. The molecule has 4 aromatic rings. The average molecular weight is 375 g/mol. The Bertz CT molecular complexity index is 1080. The lowest BCUT2D eigenvalue weighted by Gasteiger charge is -2.24. The van der Waals surface area contributed by atoms with Gasteiger partial charge in [-0.1, -0.05) is 29.5 Å². The number of benzene rings is 2. The first kappa shape index (κ1) is 16.4. The van der Waals surface area contributed by atoms with Crippen LogP contribution in [-0.4, -0.2) is 16.5 Å². The Labute approximate surface area is 161 Å².